The fourth-order valence-corrected chi connectivity index (χ4v) is 2.16. The summed E-state index contributed by atoms with van der Waals surface area (Å²) in [6, 6.07) is 7.83. The largest absolute Gasteiger partial charge is 0.305 e. The first-order valence-electron chi connectivity index (χ1n) is 6.19. The lowest BCUT2D eigenvalue weighted by Crippen LogP contribution is -2.46. The summed E-state index contributed by atoms with van der Waals surface area (Å²) in [6.45, 7) is 6.56. The highest BCUT2D eigenvalue weighted by Gasteiger charge is 2.28. The lowest BCUT2D eigenvalue weighted by Gasteiger charge is -2.24. The van der Waals surface area contributed by atoms with Crippen LogP contribution in [0.2, 0.25) is 0 Å². The summed E-state index contributed by atoms with van der Waals surface area (Å²) >= 11 is 0. The molecule has 3 nitrogen and oxygen atoms in total. The standard InChI is InChI=1S/C15H18N2O/c1-4-17-15(2,3)14(18)13-10-16-9-11-7-5-6-8-12(11)13/h5-10,17H,4H2,1-3H3. The summed E-state index contributed by atoms with van der Waals surface area (Å²) in [6.07, 6.45) is 3.44. The lowest BCUT2D eigenvalue weighted by atomic mass is 9.91. The second-order valence-corrected chi connectivity index (χ2v) is 4.89. The number of Topliss-reactive ketones (excluding diaryl/α,β-unsaturated/α-hetero) is 1. The van der Waals surface area contributed by atoms with Crippen LogP contribution in [0.1, 0.15) is 31.1 Å². The molecule has 94 valence electrons. The van der Waals surface area contributed by atoms with Crippen molar-refractivity contribution in [2.24, 2.45) is 0 Å². The van der Waals surface area contributed by atoms with Crippen LogP contribution in [-0.4, -0.2) is 22.9 Å². The van der Waals surface area contributed by atoms with Crippen LogP contribution in [0.15, 0.2) is 36.7 Å². The van der Waals surface area contributed by atoms with E-state index in [2.05, 4.69) is 10.3 Å². The second-order valence-electron chi connectivity index (χ2n) is 4.89. The van der Waals surface area contributed by atoms with Crippen LogP contribution in [0.5, 0.6) is 0 Å². The van der Waals surface area contributed by atoms with Crippen molar-refractivity contribution in [1.29, 1.82) is 0 Å². The van der Waals surface area contributed by atoms with Gasteiger partial charge in [0.05, 0.1) is 5.54 Å². The Morgan fingerprint density at radius 3 is 2.72 bits per heavy atom. The molecule has 0 fully saturated rings. The Labute approximate surface area is 107 Å². The van der Waals surface area contributed by atoms with Gasteiger partial charge in [0, 0.05) is 23.3 Å². The number of likely N-dealkylation sites (N-methyl/N-ethyl adjacent to an activating group) is 1. The summed E-state index contributed by atoms with van der Waals surface area (Å²) in [5.41, 5.74) is 0.111. The zero-order valence-electron chi connectivity index (χ0n) is 11.0. The third kappa shape index (κ3) is 2.27. The molecule has 0 aliphatic carbocycles. The van der Waals surface area contributed by atoms with Crippen molar-refractivity contribution in [2.75, 3.05) is 6.54 Å². The Balaban J connectivity index is 2.51. The van der Waals surface area contributed by atoms with E-state index in [0.717, 1.165) is 17.3 Å². The van der Waals surface area contributed by atoms with E-state index in [-0.39, 0.29) is 5.78 Å². The summed E-state index contributed by atoms with van der Waals surface area (Å²) in [5, 5.41) is 5.17. The van der Waals surface area contributed by atoms with Crippen LogP contribution < -0.4 is 5.32 Å². The van der Waals surface area contributed by atoms with Gasteiger partial charge >= 0.3 is 0 Å². The highest BCUT2D eigenvalue weighted by atomic mass is 16.1. The van der Waals surface area contributed by atoms with Crippen molar-refractivity contribution in [3.63, 3.8) is 0 Å². The first-order chi connectivity index (χ1) is 8.56. The van der Waals surface area contributed by atoms with Crippen molar-refractivity contribution < 1.29 is 4.79 Å². The molecule has 0 spiro atoms. The number of aromatic nitrogens is 1. The highest BCUT2D eigenvalue weighted by molar-refractivity contribution is 6.11. The number of benzene rings is 1. The number of carbonyl (C=O) groups is 1. The van der Waals surface area contributed by atoms with Gasteiger partial charge in [-0.2, -0.15) is 0 Å². The number of hydrogen-bond acceptors (Lipinski definition) is 3. The SMILES string of the molecule is CCNC(C)(C)C(=O)c1cncc2ccccc12. The van der Waals surface area contributed by atoms with Gasteiger partial charge in [-0.15, -0.1) is 0 Å². The van der Waals surface area contributed by atoms with Gasteiger partial charge in [-0.3, -0.25) is 9.78 Å². The van der Waals surface area contributed by atoms with E-state index in [0.29, 0.717) is 5.56 Å². The molecule has 0 amide bonds. The summed E-state index contributed by atoms with van der Waals surface area (Å²) in [5.74, 6) is 0.0775. The molecule has 0 saturated carbocycles. The van der Waals surface area contributed by atoms with Crippen LogP contribution in [0.4, 0.5) is 0 Å². The van der Waals surface area contributed by atoms with Crippen molar-refractivity contribution in [2.45, 2.75) is 26.3 Å². The van der Waals surface area contributed by atoms with E-state index in [4.69, 9.17) is 0 Å². The van der Waals surface area contributed by atoms with E-state index in [9.17, 15) is 4.79 Å². The van der Waals surface area contributed by atoms with E-state index in [1.807, 2.05) is 45.0 Å². The zero-order chi connectivity index (χ0) is 13.2. The van der Waals surface area contributed by atoms with Crippen LogP contribution in [0, 0.1) is 0 Å². The van der Waals surface area contributed by atoms with Gasteiger partial charge in [0.15, 0.2) is 5.78 Å². The maximum absolute atomic E-state index is 12.6. The second kappa shape index (κ2) is 4.86. The Bertz CT molecular complexity index is 570. The summed E-state index contributed by atoms with van der Waals surface area (Å²) in [4.78, 5) is 16.7. The minimum absolute atomic E-state index is 0.0775. The Kier molecular flexibility index (Phi) is 3.43. The fraction of sp³-hybridized carbons (Fsp3) is 0.333. The Morgan fingerprint density at radius 2 is 2.00 bits per heavy atom. The third-order valence-electron chi connectivity index (χ3n) is 3.10. The molecule has 0 saturated heterocycles. The molecular weight excluding hydrogens is 224 g/mol. The molecule has 1 aromatic carbocycles. The van der Waals surface area contributed by atoms with Gasteiger partial charge in [-0.25, -0.2) is 0 Å². The van der Waals surface area contributed by atoms with E-state index in [1.54, 1.807) is 12.4 Å². The lowest BCUT2D eigenvalue weighted by molar-refractivity contribution is 0.0885. The molecule has 1 aromatic heterocycles. The zero-order valence-corrected chi connectivity index (χ0v) is 11.0. The summed E-state index contributed by atoms with van der Waals surface area (Å²) in [7, 11) is 0. The molecule has 0 aliphatic heterocycles. The fourth-order valence-electron chi connectivity index (χ4n) is 2.16. The average molecular weight is 242 g/mol. The van der Waals surface area contributed by atoms with Gasteiger partial charge in [0.25, 0.3) is 0 Å². The number of fused-ring (bicyclic) bond motifs is 1. The molecule has 18 heavy (non-hydrogen) atoms. The van der Waals surface area contributed by atoms with E-state index in [1.165, 1.54) is 0 Å². The molecule has 0 unspecified atom stereocenters. The molecule has 3 heteroatoms. The Morgan fingerprint density at radius 1 is 1.28 bits per heavy atom. The van der Waals surface area contributed by atoms with Crippen LogP contribution >= 0.6 is 0 Å². The van der Waals surface area contributed by atoms with Crippen LogP contribution in [0.25, 0.3) is 10.8 Å². The number of pyridine rings is 1. The molecule has 0 aliphatic rings. The van der Waals surface area contributed by atoms with Gasteiger partial charge in [-0.1, -0.05) is 31.2 Å². The molecule has 0 radical (unpaired) electrons. The predicted molar refractivity (Wildman–Crippen MR) is 73.8 cm³/mol. The molecule has 0 bridgehead atoms. The average Bonchev–Trinajstić information content (AvgIpc) is 2.37. The van der Waals surface area contributed by atoms with Crippen LogP contribution in [0.3, 0.4) is 0 Å². The first kappa shape index (κ1) is 12.7. The highest BCUT2D eigenvalue weighted by Crippen LogP contribution is 2.21. The van der Waals surface area contributed by atoms with Crippen molar-refractivity contribution in [3.05, 3.63) is 42.2 Å². The van der Waals surface area contributed by atoms with Gasteiger partial charge in [-0.05, 0) is 25.8 Å². The van der Waals surface area contributed by atoms with Gasteiger partial charge < -0.3 is 5.32 Å². The monoisotopic (exact) mass is 242 g/mol. The maximum Gasteiger partial charge on any atom is 0.184 e. The van der Waals surface area contributed by atoms with Gasteiger partial charge in [0.1, 0.15) is 0 Å². The quantitative estimate of drug-likeness (QED) is 0.838. The predicted octanol–water partition coefficient (Wildman–Crippen LogP) is 2.81. The minimum Gasteiger partial charge on any atom is -0.305 e. The van der Waals surface area contributed by atoms with Gasteiger partial charge in [0.2, 0.25) is 0 Å². The third-order valence-corrected chi connectivity index (χ3v) is 3.10. The first-order valence-corrected chi connectivity index (χ1v) is 6.19. The number of nitrogens with zero attached hydrogens (tertiary/aromatic N) is 1. The minimum atomic E-state index is -0.569. The Hall–Kier alpha value is -1.74. The van der Waals surface area contributed by atoms with Crippen molar-refractivity contribution in [3.8, 4) is 0 Å². The summed E-state index contributed by atoms with van der Waals surface area (Å²) < 4.78 is 0. The topological polar surface area (TPSA) is 42.0 Å². The maximum atomic E-state index is 12.6. The number of ketones is 1. The molecule has 1 N–H and O–H groups in total. The number of rotatable bonds is 4. The number of carbonyl (C=O) groups excluding carboxylic acids is 1. The molecular formula is C15H18N2O. The normalized spacial score (nSPS) is 11.7. The molecule has 0 atom stereocenters. The van der Waals surface area contributed by atoms with E-state index < -0.39 is 5.54 Å². The smallest absolute Gasteiger partial charge is 0.184 e. The van der Waals surface area contributed by atoms with E-state index >= 15 is 0 Å². The molecule has 2 aromatic rings. The van der Waals surface area contributed by atoms with Crippen molar-refractivity contribution in [1.82, 2.24) is 10.3 Å². The number of nitrogens with one attached hydrogen (secondary N) is 1. The number of hydrogen-bond donors (Lipinski definition) is 1. The van der Waals surface area contributed by atoms with Crippen molar-refractivity contribution >= 4 is 16.6 Å². The molecule has 1 heterocycles. The molecule has 2 rings (SSSR count). The van der Waals surface area contributed by atoms with Crippen LogP contribution in [-0.2, 0) is 0 Å².